The van der Waals surface area contributed by atoms with E-state index in [2.05, 4.69) is 17.4 Å². The molecule has 0 aliphatic carbocycles. The van der Waals surface area contributed by atoms with E-state index >= 15 is 0 Å². The molecular formula is C14H21NO3Te. The van der Waals surface area contributed by atoms with Crippen LogP contribution in [0.15, 0.2) is 30.3 Å². The van der Waals surface area contributed by atoms with Gasteiger partial charge in [-0.25, -0.2) is 0 Å². The summed E-state index contributed by atoms with van der Waals surface area (Å²) in [5.41, 5.74) is -0.514. The van der Waals surface area contributed by atoms with Gasteiger partial charge in [0.2, 0.25) is 0 Å². The number of aliphatic hydroxyl groups is 1. The van der Waals surface area contributed by atoms with Crippen molar-refractivity contribution >= 4 is 30.6 Å². The van der Waals surface area contributed by atoms with E-state index in [1.165, 1.54) is 3.61 Å². The van der Waals surface area contributed by atoms with Crippen molar-refractivity contribution in [3.05, 3.63) is 30.3 Å². The Morgan fingerprint density at radius 3 is 2.53 bits per heavy atom. The van der Waals surface area contributed by atoms with Crippen LogP contribution in [0.1, 0.15) is 20.8 Å². The van der Waals surface area contributed by atoms with E-state index in [-0.39, 0.29) is 12.6 Å². The molecule has 0 unspecified atom stereocenters. The molecular weight excluding hydrogens is 358 g/mol. The monoisotopic (exact) mass is 381 g/mol. The van der Waals surface area contributed by atoms with Gasteiger partial charge in [-0.1, -0.05) is 0 Å². The zero-order valence-electron chi connectivity index (χ0n) is 11.6. The molecule has 0 saturated heterocycles. The molecule has 106 valence electrons. The first-order valence-electron chi connectivity index (χ1n) is 6.19. The van der Waals surface area contributed by atoms with Crippen LogP contribution in [-0.2, 0) is 4.74 Å². The number of hydrogen-bond acceptors (Lipinski definition) is 3. The van der Waals surface area contributed by atoms with Gasteiger partial charge >= 0.3 is 124 Å². The van der Waals surface area contributed by atoms with Crippen molar-refractivity contribution in [3.8, 4) is 0 Å². The third-order valence-electron chi connectivity index (χ3n) is 2.14. The van der Waals surface area contributed by atoms with Crippen LogP contribution in [0.3, 0.4) is 0 Å². The number of aliphatic hydroxyl groups excluding tert-OH is 1. The van der Waals surface area contributed by atoms with Gasteiger partial charge in [0.25, 0.3) is 0 Å². The molecule has 0 saturated carbocycles. The van der Waals surface area contributed by atoms with E-state index in [1.54, 1.807) is 0 Å². The van der Waals surface area contributed by atoms with Crippen molar-refractivity contribution in [2.45, 2.75) is 36.9 Å². The number of carbonyl (C=O) groups is 1. The van der Waals surface area contributed by atoms with E-state index in [0.29, 0.717) is 0 Å². The van der Waals surface area contributed by atoms with Crippen LogP contribution in [0.5, 0.6) is 0 Å². The van der Waals surface area contributed by atoms with Gasteiger partial charge in [0.05, 0.1) is 0 Å². The van der Waals surface area contributed by atoms with Crippen LogP contribution in [-0.4, -0.2) is 50.4 Å². The third kappa shape index (κ3) is 7.41. The molecule has 0 radical (unpaired) electrons. The van der Waals surface area contributed by atoms with Crippen molar-refractivity contribution in [2.24, 2.45) is 0 Å². The zero-order chi connectivity index (χ0) is 14.3. The van der Waals surface area contributed by atoms with Gasteiger partial charge in [-0.15, -0.1) is 0 Å². The molecule has 1 aromatic rings. The molecule has 1 amide bonds. The Morgan fingerprint density at radius 2 is 2.00 bits per heavy atom. The van der Waals surface area contributed by atoms with E-state index in [0.717, 1.165) is 4.47 Å². The molecule has 0 aliphatic rings. The number of ether oxygens (including phenoxy) is 1. The van der Waals surface area contributed by atoms with E-state index in [4.69, 9.17) is 4.74 Å². The minimum atomic E-state index is -0.514. The average Bonchev–Trinajstić information content (AvgIpc) is 2.33. The molecule has 1 rings (SSSR count). The van der Waals surface area contributed by atoms with Crippen molar-refractivity contribution in [2.75, 3.05) is 6.61 Å². The maximum atomic E-state index is 11.6. The molecule has 5 heteroatoms. The molecule has 4 nitrogen and oxygen atoms in total. The van der Waals surface area contributed by atoms with Gasteiger partial charge in [0.1, 0.15) is 0 Å². The standard InChI is InChI=1S/C14H21NO3Te/c1-14(2,3)18-13(17)15-11(9-16)10-19-12-7-5-4-6-8-12/h4-8,11,16H,9-10H2,1-3H3,(H,15,17)/t11-/m1/s1. The van der Waals surface area contributed by atoms with Gasteiger partial charge in [-0.3, -0.25) is 0 Å². The van der Waals surface area contributed by atoms with Crippen LogP contribution in [0, 0.1) is 0 Å². The molecule has 0 aliphatic heterocycles. The second-order valence-corrected chi connectivity index (χ2v) is 8.27. The molecule has 1 aromatic carbocycles. The Hall–Kier alpha value is -0.760. The summed E-state index contributed by atoms with van der Waals surface area (Å²) in [7, 11) is 0. The first-order valence-corrected chi connectivity index (χ1v) is 9.00. The molecule has 0 spiro atoms. The van der Waals surface area contributed by atoms with Crippen LogP contribution in [0.25, 0.3) is 0 Å². The fraction of sp³-hybridized carbons (Fsp3) is 0.500. The van der Waals surface area contributed by atoms with Crippen molar-refractivity contribution < 1.29 is 14.6 Å². The second-order valence-electron chi connectivity index (χ2n) is 5.15. The van der Waals surface area contributed by atoms with Gasteiger partial charge in [-0.2, -0.15) is 0 Å². The second kappa shape index (κ2) is 7.74. The van der Waals surface area contributed by atoms with E-state index < -0.39 is 32.6 Å². The molecule has 0 fully saturated rings. The predicted molar refractivity (Wildman–Crippen MR) is 76.9 cm³/mol. The van der Waals surface area contributed by atoms with Crippen LogP contribution >= 0.6 is 0 Å². The number of amides is 1. The number of rotatable bonds is 5. The summed E-state index contributed by atoms with van der Waals surface area (Å²) in [5, 5.41) is 12.0. The molecule has 2 N–H and O–H groups in total. The van der Waals surface area contributed by atoms with Crippen molar-refractivity contribution in [1.29, 1.82) is 0 Å². The molecule has 1 atom stereocenters. The van der Waals surface area contributed by atoms with Crippen molar-refractivity contribution in [1.82, 2.24) is 5.32 Å². The minimum absolute atomic E-state index is 0.0587. The molecule has 19 heavy (non-hydrogen) atoms. The van der Waals surface area contributed by atoms with Crippen LogP contribution in [0.2, 0.25) is 4.47 Å². The normalized spacial score (nSPS) is 12.8. The Bertz CT molecular complexity index is 389. The Labute approximate surface area is 124 Å². The molecule has 0 heterocycles. The fourth-order valence-electron chi connectivity index (χ4n) is 1.33. The average molecular weight is 379 g/mol. The third-order valence-corrected chi connectivity index (χ3v) is 5.49. The van der Waals surface area contributed by atoms with Crippen LogP contribution < -0.4 is 8.93 Å². The molecule has 0 bridgehead atoms. The summed E-state index contributed by atoms with van der Waals surface area (Å²) in [4.78, 5) is 11.6. The molecule has 0 aromatic heterocycles. The Balaban J connectivity index is 2.39. The first kappa shape index (κ1) is 16.3. The van der Waals surface area contributed by atoms with E-state index in [9.17, 15) is 9.90 Å². The van der Waals surface area contributed by atoms with Gasteiger partial charge in [-0.05, 0) is 0 Å². The maximum absolute atomic E-state index is 11.6. The number of hydrogen-bond donors (Lipinski definition) is 2. The Morgan fingerprint density at radius 1 is 1.37 bits per heavy atom. The predicted octanol–water partition coefficient (Wildman–Crippen LogP) is 1.32. The number of nitrogens with one attached hydrogen (secondary N) is 1. The summed E-state index contributed by atoms with van der Waals surface area (Å²) in [6.07, 6.45) is -0.466. The summed E-state index contributed by atoms with van der Waals surface area (Å²) < 4.78 is 7.30. The number of benzene rings is 1. The first-order chi connectivity index (χ1) is 8.90. The topological polar surface area (TPSA) is 58.6 Å². The zero-order valence-corrected chi connectivity index (χ0v) is 13.9. The van der Waals surface area contributed by atoms with Gasteiger partial charge < -0.3 is 0 Å². The van der Waals surface area contributed by atoms with Gasteiger partial charge in [0.15, 0.2) is 0 Å². The summed E-state index contributed by atoms with van der Waals surface area (Å²) in [6.45, 7) is 5.40. The number of carbonyl (C=O) groups excluding carboxylic acids is 1. The quantitative estimate of drug-likeness (QED) is 0.760. The Kier molecular flexibility index (Phi) is 6.64. The van der Waals surface area contributed by atoms with Crippen molar-refractivity contribution in [3.63, 3.8) is 0 Å². The SMILES string of the molecule is CC(C)(C)OC(=O)N[C@H](CO)C[Te]c1ccccc1. The fourth-order valence-corrected chi connectivity index (χ4v) is 3.99. The van der Waals surface area contributed by atoms with Gasteiger partial charge in [0, 0.05) is 0 Å². The summed E-state index contributed by atoms with van der Waals surface area (Å²) >= 11 is -0.402. The number of alkyl carbamates (subject to hydrolysis) is 1. The van der Waals surface area contributed by atoms with E-state index in [1.807, 2.05) is 39.0 Å². The summed E-state index contributed by atoms with van der Waals surface area (Å²) in [5.74, 6) is 0. The summed E-state index contributed by atoms with van der Waals surface area (Å²) in [6, 6.07) is 9.95. The van der Waals surface area contributed by atoms with Crippen LogP contribution in [0.4, 0.5) is 4.79 Å².